The van der Waals surface area contributed by atoms with Gasteiger partial charge < -0.3 is 4.74 Å². The monoisotopic (exact) mass is 344 g/mol. The molecule has 0 bridgehead atoms. The second-order valence-corrected chi connectivity index (χ2v) is 6.67. The Bertz CT molecular complexity index is 754. The van der Waals surface area contributed by atoms with Crippen LogP contribution in [0.1, 0.15) is 17.3 Å². The fourth-order valence-corrected chi connectivity index (χ4v) is 3.84. The minimum Gasteiger partial charge on any atom is -0.468 e. The molecule has 0 radical (unpaired) electrons. The van der Waals surface area contributed by atoms with Gasteiger partial charge in [-0.25, -0.2) is 9.78 Å². The summed E-state index contributed by atoms with van der Waals surface area (Å²) in [5.41, 5.74) is 1.80. The van der Waals surface area contributed by atoms with Crippen LogP contribution in [0.3, 0.4) is 0 Å². The van der Waals surface area contributed by atoms with Crippen molar-refractivity contribution >= 4 is 28.6 Å². The molecule has 3 rings (SSSR count). The third-order valence-electron chi connectivity index (χ3n) is 3.34. The molecule has 118 valence electrons. The van der Waals surface area contributed by atoms with Crippen molar-refractivity contribution in [1.29, 1.82) is 0 Å². The lowest BCUT2D eigenvalue weighted by Gasteiger charge is -2.16. The van der Waals surface area contributed by atoms with Gasteiger partial charge in [0, 0.05) is 11.9 Å². The van der Waals surface area contributed by atoms with Crippen LogP contribution in [-0.4, -0.2) is 18.1 Å². The normalized spacial score (nSPS) is 12.0. The number of thiophene rings is 1. The molecule has 0 fully saturated rings. The molecular formula is C17H16N2O2S2. The highest BCUT2D eigenvalue weighted by Gasteiger charge is 2.21. The van der Waals surface area contributed by atoms with Crippen LogP contribution in [0.2, 0.25) is 0 Å². The molecule has 0 saturated heterocycles. The SMILES string of the molecule is COC(=O)[C@@H](NCc1csc(-c2cccs2)n1)c1ccccc1. The summed E-state index contributed by atoms with van der Waals surface area (Å²) in [6, 6.07) is 13.1. The van der Waals surface area contributed by atoms with Crippen LogP contribution in [0, 0.1) is 0 Å². The summed E-state index contributed by atoms with van der Waals surface area (Å²) in [6.45, 7) is 0.510. The molecule has 3 aromatic rings. The maximum absolute atomic E-state index is 12.0. The van der Waals surface area contributed by atoms with Crippen LogP contribution < -0.4 is 5.32 Å². The van der Waals surface area contributed by atoms with Crippen molar-refractivity contribution in [2.45, 2.75) is 12.6 Å². The number of esters is 1. The van der Waals surface area contributed by atoms with E-state index < -0.39 is 6.04 Å². The van der Waals surface area contributed by atoms with Gasteiger partial charge in [-0.15, -0.1) is 22.7 Å². The molecule has 0 aliphatic heterocycles. The van der Waals surface area contributed by atoms with Gasteiger partial charge in [-0.05, 0) is 17.0 Å². The molecule has 23 heavy (non-hydrogen) atoms. The molecular weight excluding hydrogens is 328 g/mol. The average molecular weight is 344 g/mol. The molecule has 4 nitrogen and oxygen atoms in total. The van der Waals surface area contributed by atoms with E-state index in [9.17, 15) is 4.79 Å². The van der Waals surface area contributed by atoms with E-state index in [4.69, 9.17) is 4.74 Å². The van der Waals surface area contributed by atoms with Gasteiger partial charge in [-0.3, -0.25) is 5.32 Å². The maximum Gasteiger partial charge on any atom is 0.327 e. The smallest absolute Gasteiger partial charge is 0.327 e. The van der Waals surface area contributed by atoms with Crippen molar-refractivity contribution in [2.75, 3.05) is 7.11 Å². The standard InChI is InChI=1S/C17H16N2O2S2/c1-21-17(20)15(12-6-3-2-4-7-12)18-10-13-11-23-16(19-13)14-8-5-9-22-14/h2-9,11,15,18H,10H2,1H3/t15-/m0/s1. The summed E-state index contributed by atoms with van der Waals surface area (Å²) in [7, 11) is 1.40. The Morgan fingerprint density at radius 3 is 2.74 bits per heavy atom. The summed E-state index contributed by atoms with van der Waals surface area (Å²) in [4.78, 5) is 17.8. The summed E-state index contributed by atoms with van der Waals surface area (Å²) in [6.07, 6.45) is 0. The molecule has 0 amide bonds. The lowest BCUT2D eigenvalue weighted by molar-refractivity contribution is -0.143. The van der Waals surface area contributed by atoms with Gasteiger partial charge in [0.15, 0.2) is 0 Å². The highest BCUT2D eigenvalue weighted by Crippen LogP contribution is 2.28. The Balaban J connectivity index is 1.71. The van der Waals surface area contributed by atoms with E-state index in [0.717, 1.165) is 21.1 Å². The zero-order valence-corrected chi connectivity index (χ0v) is 14.2. The first-order valence-electron chi connectivity index (χ1n) is 7.12. The summed E-state index contributed by atoms with van der Waals surface area (Å²) < 4.78 is 4.90. The van der Waals surface area contributed by atoms with Gasteiger partial charge in [-0.2, -0.15) is 0 Å². The first kappa shape index (κ1) is 15.9. The molecule has 1 atom stereocenters. The minimum absolute atomic E-state index is 0.301. The summed E-state index contributed by atoms with van der Waals surface area (Å²) in [5, 5.41) is 8.29. The van der Waals surface area contributed by atoms with Gasteiger partial charge in [-0.1, -0.05) is 36.4 Å². The fourth-order valence-electron chi connectivity index (χ4n) is 2.21. The Morgan fingerprint density at radius 2 is 2.04 bits per heavy atom. The van der Waals surface area contributed by atoms with Crippen LogP contribution in [0.15, 0.2) is 53.2 Å². The Kier molecular flexibility index (Phi) is 5.17. The Morgan fingerprint density at radius 1 is 1.22 bits per heavy atom. The lowest BCUT2D eigenvalue weighted by atomic mass is 10.1. The van der Waals surface area contributed by atoms with E-state index in [0.29, 0.717) is 6.54 Å². The number of hydrogen-bond donors (Lipinski definition) is 1. The second kappa shape index (κ2) is 7.50. The molecule has 0 spiro atoms. The second-order valence-electron chi connectivity index (χ2n) is 4.87. The van der Waals surface area contributed by atoms with E-state index >= 15 is 0 Å². The predicted molar refractivity (Wildman–Crippen MR) is 93.5 cm³/mol. The number of aromatic nitrogens is 1. The van der Waals surface area contributed by atoms with Crippen molar-refractivity contribution in [1.82, 2.24) is 10.3 Å². The van der Waals surface area contributed by atoms with Crippen LogP contribution in [0.4, 0.5) is 0 Å². The lowest BCUT2D eigenvalue weighted by Crippen LogP contribution is -2.29. The van der Waals surface area contributed by atoms with Gasteiger partial charge >= 0.3 is 5.97 Å². The summed E-state index contributed by atoms with van der Waals surface area (Å²) >= 11 is 3.28. The van der Waals surface area contributed by atoms with Gasteiger partial charge in [0.1, 0.15) is 11.0 Å². The molecule has 2 heterocycles. The first-order valence-corrected chi connectivity index (χ1v) is 8.88. The number of carbonyl (C=O) groups is 1. The minimum atomic E-state index is -0.493. The molecule has 0 aliphatic carbocycles. The van der Waals surface area contributed by atoms with Crippen molar-refractivity contribution in [3.8, 4) is 9.88 Å². The zero-order chi connectivity index (χ0) is 16.1. The molecule has 0 saturated carbocycles. The topological polar surface area (TPSA) is 51.2 Å². The average Bonchev–Trinajstić information content (AvgIpc) is 3.27. The van der Waals surface area contributed by atoms with Crippen molar-refractivity contribution in [2.24, 2.45) is 0 Å². The number of thiazole rings is 1. The zero-order valence-electron chi connectivity index (χ0n) is 12.6. The largest absolute Gasteiger partial charge is 0.468 e. The Hall–Kier alpha value is -2.02. The quantitative estimate of drug-likeness (QED) is 0.690. The van der Waals surface area contributed by atoms with Gasteiger partial charge in [0.25, 0.3) is 0 Å². The molecule has 1 N–H and O–H groups in total. The maximum atomic E-state index is 12.0. The van der Waals surface area contributed by atoms with Crippen LogP contribution in [0.25, 0.3) is 9.88 Å². The van der Waals surface area contributed by atoms with E-state index in [2.05, 4.69) is 16.4 Å². The van der Waals surface area contributed by atoms with Crippen molar-refractivity contribution in [3.63, 3.8) is 0 Å². The summed E-state index contributed by atoms with van der Waals surface area (Å²) in [5.74, 6) is -0.301. The van der Waals surface area contributed by atoms with Crippen molar-refractivity contribution < 1.29 is 9.53 Å². The number of rotatable bonds is 6. The third kappa shape index (κ3) is 3.85. The van der Waals surface area contributed by atoms with Crippen molar-refractivity contribution in [3.05, 3.63) is 64.5 Å². The number of benzene rings is 1. The highest BCUT2D eigenvalue weighted by molar-refractivity contribution is 7.20. The first-order chi connectivity index (χ1) is 11.3. The number of nitrogens with zero attached hydrogens (tertiary/aromatic N) is 1. The van der Waals surface area contributed by atoms with Gasteiger partial charge in [0.2, 0.25) is 0 Å². The molecule has 2 aromatic heterocycles. The fraction of sp³-hybridized carbons (Fsp3) is 0.176. The molecule has 6 heteroatoms. The number of nitrogens with one attached hydrogen (secondary N) is 1. The van der Waals surface area contributed by atoms with E-state index in [1.807, 2.05) is 47.2 Å². The van der Waals surface area contributed by atoms with Gasteiger partial charge in [0.05, 0.1) is 17.7 Å². The number of carbonyl (C=O) groups excluding carboxylic acids is 1. The van der Waals surface area contributed by atoms with E-state index in [1.165, 1.54) is 7.11 Å². The number of methoxy groups -OCH3 is 1. The van der Waals surface area contributed by atoms with E-state index in [1.54, 1.807) is 22.7 Å². The predicted octanol–water partition coefficient (Wildman–Crippen LogP) is 3.88. The van der Waals surface area contributed by atoms with Crippen LogP contribution >= 0.6 is 22.7 Å². The Labute approximate surface area is 142 Å². The number of hydrogen-bond acceptors (Lipinski definition) is 6. The molecule has 0 aliphatic rings. The molecule has 0 unspecified atom stereocenters. The number of ether oxygens (including phenoxy) is 1. The third-order valence-corrected chi connectivity index (χ3v) is 5.27. The highest BCUT2D eigenvalue weighted by atomic mass is 32.1. The van der Waals surface area contributed by atoms with Crippen LogP contribution in [0.5, 0.6) is 0 Å². The van der Waals surface area contributed by atoms with Crippen LogP contribution in [-0.2, 0) is 16.1 Å². The van der Waals surface area contributed by atoms with E-state index in [-0.39, 0.29) is 5.97 Å². The molecule has 1 aromatic carbocycles.